The third-order valence-electron chi connectivity index (χ3n) is 2.79. The van der Waals surface area contributed by atoms with Crippen molar-refractivity contribution in [1.29, 1.82) is 0 Å². The minimum atomic E-state index is -0.0900. The number of hydrogen-bond donors (Lipinski definition) is 1. The lowest BCUT2D eigenvalue weighted by Crippen LogP contribution is -2.10. The monoisotopic (exact) mass is 228 g/mol. The maximum absolute atomic E-state index is 11.5. The van der Waals surface area contributed by atoms with Crippen LogP contribution in [0.5, 0.6) is 0 Å². The van der Waals surface area contributed by atoms with Crippen LogP contribution in [-0.4, -0.2) is 9.97 Å². The molecular formula is C14H16N2O. The van der Waals surface area contributed by atoms with Crippen LogP contribution in [0.2, 0.25) is 0 Å². The van der Waals surface area contributed by atoms with Gasteiger partial charge in [0.15, 0.2) is 0 Å². The third kappa shape index (κ3) is 2.44. The summed E-state index contributed by atoms with van der Waals surface area (Å²) in [6.45, 7) is 6.05. The first-order chi connectivity index (χ1) is 8.10. The largest absolute Gasteiger partial charge is 0.311 e. The van der Waals surface area contributed by atoms with E-state index >= 15 is 0 Å². The van der Waals surface area contributed by atoms with Crippen LogP contribution >= 0.6 is 0 Å². The van der Waals surface area contributed by atoms with Gasteiger partial charge < -0.3 is 4.98 Å². The first-order valence-electron chi connectivity index (χ1n) is 5.78. The average molecular weight is 228 g/mol. The van der Waals surface area contributed by atoms with Crippen LogP contribution in [0, 0.1) is 13.8 Å². The van der Waals surface area contributed by atoms with Crippen molar-refractivity contribution in [2.24, 2.45) is 0 Å². The minimum absolute atomic E-state index is 0.0900. The van der Waals surface area contributed by atoms with Crippen molar-refractivity contribution in [1.82, 2.24) is 9.97 Å². The molecule has 0 radical (unpaired) electrons. The Hall–Kier alpha value is -1.90. The van der Waals surface area contributed by atoms with Crippen molar-refractivity contribution in [3.63, 3.8) is 0 Å². The summed E-state index contributed by atoms with van der Waals surface area (Å²) < 4.78 is 0. The Labute approximate surface area is 101 Å². The van der Waals surface area contributed by atoms with E-state index in [-0.39, 0.29) is 5.56 Å². The maximum atomic E-state index is 11.5. The molecule has 0 fully saturated rings. The van der Waals surface area contributed by atoms with E-state index in [4.69, 9.17) is 0 Å². The number of nitrogens with one attached hydrogen (secondary N) is 1. The molecule has 0 aliphatic rings. The van der Waals surface area contributed by atoms with E-state index in [1.807, 2.05) is 20.8 Å². The van der Waals surface area contributed by atoms with Gasteiger partial charge in [0.05, 0.1) is 5.69 Å². The molecule has 0 saturated heterocycles. The number of hydrogen-bond acceptors (Lipinski definition) is 2. The van der Waals surface area contributed by atoms with E-state index in [0.29, 0.717) is 0 Å². The molecule has 0 aliphatic heterocycles. The Morgan fingerprint density at radius 3 is 2.71 bits per heavy atom. The quantitative estimate of drug-likeness (QED) is 0.858. The van der Waals surface area contributed by atoms with E-state index in [0.717, 1.165) is 29.1 Å². The second kappa shape index (κ2) is 4.53. The van der Waals surface area contributed by atoms with Gasteiger partial charge in [-0.3, -0.25) is 4.79 Å². The summed E-state index contributed by atoms with van der Waals surface area (Å²) in [5, 5.41) is 0. The van der Waals surface area contributed by atoms with Crippen molar-refractivity contribution in [3.8, 4) is 11.3 Å². The molecule has 0 aliphatic carbocycles. The lowest BCUT2D eigenvalue weighted by atomic mass is 10.0. The molecule has 0 spiro atoms. The molecule has 1 aromatic heterocycles. The third-order valence-corrected chi connectivity index (χ3v) is 2.79. The van der Waals surface area contributed by atoms with Gasteiger partial charge in [0.1, 0.15) is 5.82 Å². The van der Waals surface area contributed by atoms with Crippen LogP contribution < -0.4 is 5.56 Å². The fourth-order valence-electron chi connectivity index (χ4n) is 1.83. The van der Waals surface area contributed by atoms with Gasteiger partial charge in [-0.1, -0.05) is 24.6 Å². The number of aromatic amines is 1. The SMILES string of the molecule is CCc1nc(-c2cc(C)ccc2C)cc(=O)[nH]1. The molecule has 3 heteroatoms. The number of benzene rings is 1. The second-order valence-electron chi connectivity index (χ2n) is 4.25. The fraction of sp³-hybridized carbons (Fsp3) is 0.286. The summed E-state index contributed by atoms with van der Waals surface area (Å²) in [5.41, 5.74) is 4.01. The highest BCUT2D eigenvalue weighted by atomic mass is 16.1. The molecule has 0 unspecified atom stereocenters. The Bertz CT molecular complexity index is 599. The smallest absolute Gasteiger partial charge is 0.251 e. The average Bonchev–Trinajstić information content (AvgIpc) is 2.31. The fourth-order valence-corrected chi connectivity index (χ4v) is 1.83. The highest BCUT2D eigenvalue weighted by Crippen LogP contribution is 2.21. The highest BCUT2D eigenvalue weighted by molar-refractivity contribution is 5.63. The Kier molecular flexibility index (Phi) is 3.09. The molecule has 0 atom stereocenters. The van der Waals surface area contributed by atoms with Crippen LogP contribution in [0.15, 0.2) is 29.1 Å². The molecule has 2 rings (SSSR count). The lowest BCUT2D eigenvalue weighted by molar-refractivity contribution is 0.923. The summed E-state index contributed by atoms with van der Waals surface area (Å²) in [4.78, 5) is 18.7. The van der Waals surface area contributed by atoms with Gasteiger partial charge in [-0.15, -0.1) is 0 Å². The number of aromatic nitrogens is 2. The Morgan fingerprint density at radius 2 is 2.00 bits per heavy atom. The predicted octanol–water partition coefficient (Wildman–Crippen LogP) is 2.62. The van der Waals surface area contributed by atoms with Gasteiger partial charge in [-0.2, -0.15) is 0 Å². The van der Waals surface area contributed by atoms with Crippen LogP contribution in [0.4, 0.5) is 0 Å². The van der Waals surface area contributed by atoms with Gasteiger partial charge in [-0.05, 0) is 25.5 Å². The first kappa shape index (κ1) is 11.6. The van der Waals surface area contributed by atoms with Gasteiger partial charge in [0.25, 0.3) is 5.56 Å². The van der Waals surface area contributed by atoms with Gasteiger partial charge in [-0.25, -0.2) is 4.98 Å². The van der Waals surface area contributed by atoms with Crippen LogP contribution in [0.3, 0.4) is 0 Å². The van der Waals surface area contributed by atoms with Crippen molar-refractivity contribution in [2.75, 3.05) is 0 Å². The lowest BCUT2D eigenvalue weighted by Gasteiger charge is -2.07. The van der Waals surface area contributed by atoms with Gasteiger partial charge >= 0.3 is 0 Å². The number of rotatable bonds is 2. The zero-order valence-corrected chi connectivity index (χ0v) is 10.4. The van der Waals surface area contributed by atoms with E-state index in [9.17, 15) is 4.79 Å². The van der Waals surface area contributed by atoms with E-state index in [2.05, 4.69) is 28.2 Å². The van der Waals surface area contributed by atoms with Crippen molar-refractivity contribution >= 4 is 0 Å². The summed E-state index contributed by atoms with van der Waals surface area (Å²) in [6, 6.07) is 7.74. The molecular weight excluding hydrogens is 212 g/mol. The molecule has 0 saturated carbocycles. The Balaban J connectivity index is 2.63. The molecule has 3 nitrogen and oxygen atoms in total. The Morgan fingerprint density at radius 1 is 1.24 bits per heavy atom. The topological polar surface area (TPSA) is 45.8 Å². The molecule has 88 valence electrons. The van der Waals surface area contributed by atoms with Gasteiger partial charge in [0, 0.05) is 18.1 Å². The van der Waals surface area contributed by atoms with Crippen molar-refractivity contribution < 1.29 is 0 Å². The summed E-state index contributed by atoms with van der Waals surface area (Å²) in [6.07, 6.45) is 0.730. The number of nitrogens with zero attached hydrogens (tertiary/aromatic N) is 1. The van der Waals surface area contributed by atoms with Crippen molar-refractivity contribution in [2.45, 2.75) is 27.2 Å². The van der Waals surface area contributed by atoms with E-state index in [1.54, 1.807) is 6.07 Å². The van der Waals surface area contributed by atoms with E-state index in [1.165, 1.54) is 5.56 Å². The number of aryl methyl sites for hydroxylation is 3. The van der Waals surface area contributed by atoms with Crippen LogP contribution in [0.1, 0.15) is 23.9 Å². The van der Waals surface area contributed by atoms with Crippen molar-refractivity contribution in [3.05, 3.63) is 51.6 Å². The zero-order chi connectivity index (χ0) is 12.4. The first-order valence-corrected chi connectivity index (χ1v) is 5.78. The highest BCUT2D eigenvalue weighted by Gasteiger charge is 2.06. The molecule has 1 N–H and O–H groups in total. The van der Waals surface area contributed by atoms with Gasteiger partial charge in [0.2, 0.25) is 0 Å². The standard InChI is InChI=1S/C14H16N2O/c1-4-13-15-12(8-14(17)16-13)11-7-9(2)5-6-10(11)3/h5-8H,4H2,1-3H3,(H,15,16,17). The maximum Gasteiger partial charge on any atom is 0.251 e. The number of H-pyrrole nitrogens is 1. The molecule has 0 amide bonds. The molecule has 17 heavy (non-hydrogen) atoms. The zero-order valence-electron chi connectivity index (χ0n) is 10.4. The minimum Gasteiger partial charge on any atom is -0.311 e. The molecule has 0 bridgehead atoms. The predicted molar refractivity (Wildman–Crippen MR) is 69.1 cm³/mol. The van der Waals surface area contributed by atoms with E-state index < -0.39 is 0 Å². The molecule has 1 heterocycles. The second-order valence-corrected chi connectivity index (χ2v) is 4.25. The summed E-state index contributed by atoms with van der Waals surface area (Å²) >= 11 is 0. The molecule has 2 aromatic rings. The summed E-state index contributed by atoms with van der Waals surface area (Å²) in [7, 11) is 0. The van der Waals surface area contributed by atoms with Crippen LogP contribution in [0.25, 0.3) is 11.3 Å². The molecule has 1 aromatic carbocycles. The summed E-state index contributed by atoms with van der Waals surface area (Å²) in [5.74, 6) is 0.730. The van der Waals surface area contributed by atoms with Crippen LogP contribution in [-0.2, 0) is 6.42 Å². The normalized spacial score (nSPS) is 10.5.